The summed E-state index contributed by atoms with van der Waals surface area (Å²) >= 11 is 0. The Balaban J connectivity index is 2.31. The molecule has 1 amide bonds. The summed E-state index contributed by atoms with van der Waals surface area (Å²) in [7, 11) is -1.67. The van der Waals surface area contributed by atoms with Crippen LogP contribution in [-0.2, 0) is 9.84 Å². The van der Waals surface area contributed by atoms with Crippen LogP contribution >= 0.6 is 0 Å². The van der Waals surface area contributed by atoms with Gasteiger partial charge in [-0.1, -0.05) is 18.2 Å². The molecule has 1 heterocycles. The standard InChI is InChI=1S/C18H25N3O3S/c1-13-9-7-8-10-16(13)21-14(2)15(11-19-21)17(22)20(5)12-18(3,4)25(6,23)24/h7-11H,12H2,1-6H3. The largest absolute Gasteiger partial charge is 0.340 e. The molecule has 1 aromatic heterocycles. The van der Waals surface area contributed by atoms with Crippen molar-refractivity contribution in [3.05, 3.63) is 47.3 Å². The molecule has 2 aromatic rings. The lowest BCUT2D eigenvalue weighted by Gasteiger charge is -2.28. The summed E-state index contributed by atoms with van der Waals surface area (Å²) in [5.74, 6) is -0.242. The maximum Gasteiger partial charge on any atom is 0.257 e. The summed E-state index contributed by atoms with van der Waals surface area (Å²) in [6.07, 6.45) is 2.72. The average molecular weight is 363 g/mol. The van der Waals surface area contributed by atoms with Gasteiger partial charge in [0.2, 0.25) is 0 Å². The first-order chi connectivity index (χ1) is 11.5. The van der Waals surface area contributed by atoms with Crippen LogP contribution in [0.4, 0.5) is 0 Å². The van der Waals surface area contributed by atoms with Gasteiger partial charge in [0.1, 0.15) is 0 Å². The quantitative estimate of drug-likeness (QED) is 0.818. The van der Waals surface area contributed by atoms with Crippen LogP contribution in [0.15, 0.2) is 30.5 Å². The molecule has 0 saturated carbocycles. The molecule has 0 aliphatic heterocycles. The molecule has 0 saturated heterocycles. The highest BCUT2D eigenvalue weighted by molar-refractivity contribution is 7.92. The molecule has 2 rings (SSSR count). The summed E-state index contributed by atoms with van der Waals surface area (Å²) in [5.41, 5.74) is 3.16. The fraction of sp³-hybridized carbons (Fsp3) is 0.444. The van der Waals surface area contributed by atoms with Gasteiger partial charge in [0.15, 0.2) is 9.84 Å². The third kappa shape index (κ3) is 3.76. The number of nitrogens with zero attached hydrogens (tertiary/aromatic N) is 3. The Labute approximate surface area is 149 Å². The van der Waals surface area contributed by atoms with Crippen LogP contribution in [-0.4, -0.2) is 53.6 Å². The summed E-state index contributed by atoms with van der Waals surface area (Å²) in [6, 6.07) is 7.80. The van der Waals surface area contributed by atoms with Crippen molar-refractivity contribution in [2.24, 2.45) is 0 Å². The number of carbonyl (C=O) groups excluding carboxylic acids is 1. The number of aryl methyl sites for hydroxylation is 1. The van der Waals surface area contributed by atoms with E-state index in [0.29, 0.717) is 5.56 Å². The Bertz CT molecular complexity index is 898. The van der Waals surface area contributed by atoms with Crippen molar-refractivity contribution in [3.8, 4) is 5.69 Å². The van der Waals surface area contributed by atoms with E-state index in [4.69, 9.17) is 0 Å². The predicted octanol–water partition coefficient (Wildman–Crippen LogP) is 2.38. The van der Waals surface area contributed by atoms with E-state index in [0.717, 1.165) is 16.9 Å². The van der Waals surface area contributed by atoms with Gasteiger partial charge in [-0.15, -0.1) is 0 Å². The Hall–Kier alpha value is -2.15. The van der Waals surface area contributed by atoms with Crippen LogP contribution in [0.3, 0.4) is 0 Å². The van der Waals surface area contributed by atoms with Crippen molar-refractivity contribution >= 4 is 15.7 Å². The first-order valence-electron chi connectivity index (χ1n) is 8.01. The number of hydrogen-bond donors (Lipinski definition) is 0. The molecule has 0 aliphatic rings. The molecule has 0 bridgehead atoms. The van der Waals surface area contributed by atoms with E-state index in [-0.39, 0.29) is 12.5 Å². The minimum Gasteiger partial charge on any atom is -0.340 e. The van der Waals surface area contributed by atoms with Crippen molar-refractivity contribution in [1.82, 2.24) is 14.7 Å². The van der Waals surface area contributed by atoms with Gasteiger partial charge in [-0.2, -0.15) is 5.10 Å². The van der Waals surface area contributed by atoms with Crippen LogP contribution < -0.4 is 0 Å². The van der Waals surface area contributed by atoms with E-state index in [1.165, 1.54) is 17.4 Å². The minimum atomic E-state index is -3.28. The van der Waals surface area contributed by atoms with Gasteiger partial charge in [0.05, 0.1) is 27.9 Å². The molecule has 0 unspecified atom stereocenters. The number of rotatable bonds is 5. The third-order valence-electron chi connectivity index (χ3n) is 4.55. The fourth-order valence-electron chi connectivity index (χ4n) is 2.63. The van der Waals surface area contributed by atoms with E-state index in [2.05, 4.69) is 5.10 Å². The summed E-state index contributed by atoms with van der Waals surface area (Å²) in [4.78, 5) is 14.2. The highest BCUT2D eigenvalue weighted by Crippen LogP contribution is 2.21. The van der Waals surface area contributed by atoms with Gasteiger partial charge in [-0.25, -0.2) is 13.1 Å². The van der Waals surface area contributed by atoms with Gasteiger partial charge in [0, 0.05) is 19.8 Å². The molecule has 0 atom stereocenters. The maximum atomic E-state index is 12.8. The molecule has 0 aliphatic carbocycles. The Morgan fingerprint density at radius 2 is 1.84 bits per heavy atom. The third-order valence-corrected chi connectivity index (χ3v) is 6.69. The van der Waals surface area contributed by atoms with Crippen LogP contribution in [0.25, 0.3) is 5.69 Å². The first kappa shape index (κ1) is 19.2. The molecule has 25 heavy (non-hydrogen) atoms. The maximum absolute atomic E-state index is 12.8. The molecule has 0 fully saturated rings. The second kappa shape index (κ2) is 6.63. The zero-order valence-corrected chi connectivity index (χ0v) is 16.4. The van der Waals surface area contributed by atoms with Crippen molar-refractivity contribution in [1.29, 1.82) is 0 Å². The van der Waals surface area contributed by atoms with E-state index in [9.17, 15) is 13.2 Å². The number of amides is 1. The Morgan fingerprint density at radius 1 is 1.24 bits per heavy atom. The molecule has 7 heteroatoms. The minimum absolute atomic E-state index is 0.111. The monoisotopic (exact) mass is 363 g/mol. The molecule has 0 radical (unpaired) electrons. The highest BCUT2D eigenvalue weighted by atomic mass is 32.2. The number of carbonyl (C=O) groups is 1. The van der Waals surface area contributed by atoms with Gasteiger partial charge in [-0.05, 0) is 39.3 Å². The molecule has 136 valence electrons. The topological polar surface area (TPSA) is 72.3 Å². The van der Waals surface area contributed by atoms with E-state index < -0.39 is 14.6 Å². The normalized spacial score (nSPS) is 12.2. The SMILES string of the molecule is Cc1ccccc1-n1ncc(C(=O)N(C)CC(C)(C)S(C)(=O)=O)c1C. The Morgan fingerprint density at radius 3 is 2.40 bits per heavy atom. The molecule has 0 N–H and O–H groups in total. The number of hydrogen-bond acceptors (Lipinski definition) is 4. The number of aromatic nitrogens is 2. The van der Waals surface area contributed by atoms with Gasteiger partial charge < -0.3 is 4.90 Å². The van der Waals surface area contributed by atoms with Crippen molar-refractivity contribution in [2.75, 3.05) is 19.8 Å². The molecule has 6 nitrogen and oxygen atoms in total. The smallest absolute Gasteiger partial charge is 0.257 e. The lowest BCUT2D eigenvalue weighted by molar-refractivity contribution is 0.0783. The van der Waals surface area contributed by atoms with Crippen LogP contribution in [0.5, 0.6) is 0 Å². The average Bonchev–Trinajstić information content (AvgIpc) is 2.87. The molecule has 1 aromatic carbocycles. The fourth-order valence-corrected chi connectivity index (χ4v) is 3.06. The lowest BCUT2D eigenvalue weighted by atomic mass is 10.1. The van der Waals surface area contributed by atoms with Crippen LogP contribution in [0, 0.1) is 13.8 Å². The predicted molar refractivity (Wildman–Crippen MR) is 98.9 cm³/mol. The second-order valence-electron chi connectivity index (χ2n) is 7.04. The highest BCUT2D eigenvalue weighted by Gasteiger charge is 2.33. The van der Waals surface area contributed by atoms with Gasteiger partial charge in [-0.3, -0.25) is 4.79 Å². The van der Waals surface area contributed by atoms with E-state index in [1.54, 1.807) is 25.6 Å². The Kier molecular flexibility index (Phi) is 5.09. The van der Waals surface area contributed by atoms with Gasteiger partial charge in [0.25, 0.3) is 5.91 Å². The van der Waals surface area contributed by atoms with Crippen molar-refractivity contribution in [3.63, 3.8) is 0 Å². The molecular weight excluding hydrogens is 338 g/mol. The number of benzene rings is 1. The summed E-state index contributed by atoms with van der Waals surface area (Å²) < 4.78 is 24.5. The zero-order chi connectivity index (χ0) is 19.0. The van der Waals surface area contributed by atoms with E-state index in [1.807, 2.05) is 38.1 Å². The first-order valence-corrected chi connectivity index (χ1v) is 9.90. The second-order valence-corrected chi connectivity index (χ2v) is 9.68. The van der Waals surface area contributed by atoms with E-state index >= 15 is 0 Å². The van der Waals surface area contributed by atoms with Crippen LogP contribution in [0.2, 0.25) is 0 Å². The summed E-state index contributed by atoms with van der Waals surface area (Å²) in [5, 5.41) is 4.35. The summed E-state index contributed by atoms with van der Waals surface area (Å²) in [6.45, 7) is 7.17. The van der Waals surface area contributed by atoms with Crippen molar-refractivity contribution in [2.45, 2.75) is 32.4 Å². The van der Waals surface area contributed by atoms with Gasteiger partial charge >= 0.3 is 0 Å². The number of para-hydroxylation sites is 1. The van der Waals surface area contributed by atoms with Crippen LogP contribution in [0.1, 0.15) is 35.5 Å². The lowest BCUT2D eigenvalue weighted by Crippen LogP contribution is -2.44. The van der Waals surface area contributed by atoms with Crippen molar-refractivity contribution < 1.29 is 13.2 Å². The number of sulfone groups is 1. The molecular formula is C18H25N3O3S. The zero-order valence-electron chi connectivity index (χ0n) is 15.6. The molecule has 0 spiro atoms.